The minimum absolute atomic E-state index is 0.0218. The van der Waals surface area contributed by atoms with Crippen LogP contribution < -0.4 is 0 Å². The summed E-state index contributed by atoms with van der Waals surface area (Å²) in [5.41, 5.74) is 1.59. The SMILES string of the molecule is O=[N+]([O-])c1cnn(Cc2cn3cc(Br)ccc3n2)c1. The molecule has 8 heteroatoms. The van der Waals surface area contributed by atoms with E-state index in [0.717, 1.165) is 15.8 Å². The molecular formula is C11H8BrN5O2. The maximum absolute atomic E-state index is 10.6. The molecule has 0 N–H and O–H groups in total. The van der Waals surface area contributed by atoms with Crippen molar-refractivity contribution in [2.24, 2.45) is 0 Å². The Balaban J connectivity index is 1.89. The molecule has 0 saturated carbocycles. The van der Waals surface area contributed by atoms with Gasteiger partial charge in [-0.1, -0.05) is 0 Å². The van der Waals surface area contributed by atoms with Crippen LogP contribution in [0.1, 0.15) is 5.69 Å². The van der Waals surface area contributed by atoms with Crippen LogP contribution in [0.15, 0.2) is 41.4 Å². The Morgan fingerprint density at radius 2 is 2.16 bits per heavy atom. The van der Waals surface area contributed by atoms with Crippen LogP contribution >= 0.6 is 15.9 Å². The van der Waals surface area contributed by atoms with E-state index in [9.17, 15) is 10.1 Å². The fourth-order valence-corrected chi connectivity index (χ4v) is 2.15. The summed E-state index contributed by atoms with van der Waals surface area (Å²) in [7, 11) is 0. The first-order chi connectivity index (χ1) is 9.11. The standard InChI is InChI=1S/C11H8BrN5O2/c12-8-1-2-11-14-9(5-15(11)4-8)6-16-7-10(3-13-16)17(18)19/h1-5,7H,6H2. The zero-order chi connectivity index (χ0) is 13.4. The summed E-state index contributed by atoms with van der Waals surface area (Å²) in [4.78, 5) is 14.5. The van der Waals surface area contributed by atoms with Crippen molar-refractivity contribution in [1.82, 2.24) is 19.2 Å². The van der Waals surface area contributed by atoms with Crippen LogP contribution in [-0.4, -0.2) is 24.1 Å². The first-order valence-corrected chi connectivity index (χ1v) is 6.21. The van der Waals surface area contributed by atoms with Crippen molar-refractivity contribution in [2.45, 2.75) is 6.54 Å². The van der Waals surface area contributed by atoms with Crippen molar-refractivity contribution >= 4 is 27.3 Å². The molecule has 0 aliphatic rings. The molecule has 0 spiro atoms. The predicted octanol–water partition coefficient (Wildman–Crippen LogP) is 2.25. The van der Waals surface area contributed by atoms with Crippen molar-refractivity contribution in [1.29, 1.82) is 0 Å². The molecule has 0 unspecified atom stereocenters. The molecule has 3 rings (SSSR count). The number of hydrogen-bond donors (Lipinski definition) is 0. The third kappa shape index (κ3) is 2.34. The third-order valence-corrected chi connectivity index (χ3v) is 3.09. The van der Waals surface area contributed by atoms with Crippen molar-refractivity contribution < 1.29 is 4.92 Å². The summed E-state index contributed by atoms with van der Waals surface area (Å²) in [6.45, 7) is 0.396. The fourth-order valence-electron chi connectivity index (χ4n) is 1.79. The second-order valence-corrected chi connectivity index (χ2v) is 4.91. The molecule has 3 aromatic heterocycles. The Hall–Kier alpha value is -2.22. The lowest BCUT2D eigenvalue weighted by Gasteiger charge is -1.94. The Morgan fingerprint density at radius 3 is 2.89 bits per heavy atom. The van der Waals surface area contributed by atoms with Gasteiger partial charge in [0.1, 0.15) is 18.0 Å². The van der Waals surface area contributed by atoms with E-state index in [0.29, 0.717) is 6.54 Å². The van der Waals surface area contributed by atoms with Gasteiger partial charge in [0.15, 0.2) is 0 Å². The van der Waals surface area contributed by atoms with Gasteiger partial charge >= 0.3 is 5.69 Å². The molecule has 3 heterocycles. The molecule has 0 fully saturated rings. The Morgan fingerprint density at radius 1 is 1.32 bits per heavy atom. The van der Waals surface area contributed by atoms with Gasteiger partial charge in [0.05, 0.1) is 17.2 Å². The van der Waals surface area contributed by atoms with E-state index in [1.165, 1.54) is 17.1 Å². The van der Waals surface area contributed by atoms with Crippen LogP contribution in [0.4, 0.5) is 5.69 Å². The number of aromatic nitrogens is 4. The summed E-state index contributed by atoms with van der Waals surface area (Å²) in [6.07, 6.45) is 6.39. The molecule has 0 atom stereocenters. The van der Waals surface area contributed by atoms with Crippen LogP contribution in [0, 0.1) is 10.1 Å². The van der Waals surface area contributed by atoms with Crippen LogP contribution in [0.2, 0.25) is 0 Å². The summed E-state index contributed by atoms with van der Waals surface area (Å²) >= 11 is 3.39. The largest absolute Gasteiger partial charge is 0.307 e. The first-order valence-electron chi connectivity index (χ1n) is 5.42. The molecule has 0 bridgehead atoms. The number of hydrogen-bond acceptors (Lipinski definition) is 4. The molecule has 7 nitrogen and oxygen atoms in total. The highest BCUT2D eigenvalue weighted by molar-refractivity contribution is 9.10. The van der Waals surface area contributed by atoms with E-state index in [2.05, 4.69) is 26.0 Å². The number of rotatable bonds is 3. The zero-order valence-corrected chi connectivity index (χ0v) is 11.2. The van der Waals surface area contributed by atoms with Gasteiger partial charge in [-0.3, -0.25) is 14.8 Å². The second-order valence-electron chi connectivity index (χ2n) is 4.00. The smallest absolute Gasteiger partial charge is 0.306 e. The zero-order valence-electron chi connectivity index (χ0n) is 9.60. The lowest BCUT2D eigenvalue weighted by Crippen LogP contribution is -1.99. The summed E-state index contributed by atoms with van der Waals surface area (Å²) in [6, 6.07) is 3.80. The number of halogens is 1. The van der Waals surface area contributed by atoms with Gasteiger partial charge in [0.25, 0.3) is 0 Å². The van der Waals surface area contributed by atoms with Gasteiger partial charge in [-0.15, -0.1) is 0 Å². The second kappa shape index (κ2) is 4.47. The highest BCUT2D eigenvalue weighted by atomic mass is 79.9. The van der Waals surface area contributed by atoms with Gasteiger partial charge in [0, 0.05) is 16.9 Å². The van der Waals surface area contributed by atoms with E-state index in [-0.39, 0.29) is 5.69 Å². The summed E-state index contributed by atoms with van der Waals surface area (Å²) in [5.74, 6) is 0. The van der Waals surface area contributed by atoms with Crippen LogP contribution in [-0.2, 0) is 6.54 Å². The van der Waals surface area contributed by atoms with Gasteiger partial charge in [0.2, 0.25) is 0 Å². The molecule has 0 aliphatic carbocycles. The Labute approximate surface area is 115 Å². The van der Waals surface area contributed by atoms with Gasteiger partial charge in [-0.2, -0.15) is 5.10 Å². The van der Waals surface area contributed by atoms with E-state index in [4.69, 9.17) is 0 Å². The van der Waals surface area contributed by atoms with E-state index >= 15 is 0 Å². The number of nitro groups is 1. The van der Waals surface area contributed by atoms with E-state index in [1.807, 2.05) is 28.9 Å². The van der Waals surface area contributed by atoms with Crippen molar-refractivity contribution in [2.75, 3.05) is 0 Å². The highest BCUT2D eigenvalue weighted by Crippen LogP contribution is 2.14. The monoisotopic (exact) mass is 321 g/mol. The maximum Gasteiger partial charge on any atom is 0.307 e. The minimum atomic E-state index is -0.468. The Kier molecular flexibility index (Phi) is 2.79. The maximum atomic E-state index is 10.6. The third-order valence-electron chi connectivity index (χ3n) is 2.62. The van der Waals surface area contributed by atoms with Crippen molar-refractivity contribution in [3.05, 3.63) is 57.2 Å². The highest BCUT2D eigenvalue weighted by Gasteiger charge is 2.10. The number of imidazole rings is 1. The van der Waals surface area contributed by atoms with Crippen LogP contribution in [0.3, 0.4) is 0 Å². The van der Waals surface area contributed by atoms with Gasteiger partial charge < -0.3 is 4.40 Å². The van der Waals surface area contributed by atoms with Gasteiger partial charge in [-0.25, -0.2) is 4.98 Å². The van der Waals surface area contributed by atoms with Crippen molar-refractivity contribution in [3.8, 4) is 0 Å². The molecule has 0 radical (unpaired) electrons. The molecule has 19 heavy (non-hydrogen) atoms. The van der Waals surface area contributed by atoms with E-state index in [1.54, 1.807) is 0 Å². The Bertz CT molecular complexity index is 763. The molecule has 0 aliphatic heterocycles. The predicted molar refractivity (Wildman–Crippen MR) is 70.9 cm³/mol. The number of pyridine rings is 1. The molecule has 0 amide bonds. The molecule has 0 saturated heterocycles. The average Bonchev–Trinajstić information content (AvgIpc) is 2.95. The van der Waals surface area contributed by atoms with Gasteiger partial charge in [-0.05, 0) is 28.1 Å². The lowest BCUT2D eigenvalue weighted by atomic mass is 10.5. The molecule has 96 valence electrons. The van der Waals surface area contributed by atoms with Crippen LogP contribution in [0.25, 0.3) is 5.65 Å². The number of nitrogens with zero attached hydrogens (tertiary/aromatic N) is 5. The lowest BCUT2D eigenvalue weighted by molar-refractivity contribution is -0.385. The molecule has 3 aromatic rings. The summed E-state index contributed by atoms with van der Waals surface area (Å²) in [5, 5.41) is 14.5. The quantitative estimate of drug-likeness (QED) is 0.547. The number of fused-ring (bicyclic) bond motifs is 1. The molecular weight excluding hydrogens is 314 g/mol. The fraction of sp³-hybridized carbons (Fsp3) is 0.0909. The minimum Gasteiger partial charge on any atom is -0.306 e. The average molecular weight is 322 g/mol. The first kappa shape index (κ1) is 11.8. The normalized spacial score (nSPS) is 11.0. The van der Waals surface area contributed by atoms with Crippen molar-refractivity contribution in [3.63, 3.8) is 0 Å². The van der Waals surface area contributed by atoms with Crippen LogP contribution in [0.5, 0.6) is 0 Å². The molecule has 0 aromatic carbocycles. The summed E-state index contributed by atoms with van der Waals surface area (Å²) < 4.78 is 4.34. The van der Waals surface area contributed by atoms with E-state index < -0.39 is 4.92 Å². The topological polar surface area (TPSA) is 78.3 Å².